The number of esters is 1. The molecule has 0 spiro atoms. The van der Waals surface area contributed by atoms with Gasteiger partial charge >= 0.3 is 5.97 Å². The standard InChI is InChI=1S/C11H13BrO3/c1-4-8-5-9(12)11(14-3)6-10(8)15-7(2)13/h5-6H,4H2,1-3H3. The first-order valence-electron chi connectivity index (χ1n) is 4.63. The van der Waals surface area contributed by atoms with Crippen LogP contribution < -0.4 is 9.47 Å². The van der Waals surface area contributed by atoms with Crippen LogP contribution in [0.4, 0.5) is 0 Å². The maximum Gasteiger partial charge on any atom is 0.308 e. The third-order valence-corrected chi connectivity index (χ3v) is 2.59. The van der Waals surface area contributed by atoms with Crippen molar-refractivity contribution in [1.82, 2.24) is 0 Å². The number of methoxy groups -OCH3 is 1. The van der Waals surface area contributed by atoms with E-state index in [-0.39, 0.29) is 5.97 Å². The Bertz CT molecular complexity index is 374. The lowest BCUT2D eigenvalue weighted by Gasteiger charge is -2.11. The molecular weight excluding hydrogens is 260 g/mol. The lowest BCUT2D eigenvalue weighted by molar-refractivity contribution is -0.131. The number of benzene rings is 1. The molecule has 0 heterocycles. The Morgan fingerprint density at radius 3 is 2.53 bits per heavy atom. The fourth-order valence-corrected chi connectivity index (χ4v) is 1.81. The van der Waals surface area contributed by atoms with Gasteiger partial charge in [0.2, 0.25) is 0 Å². The molecule has 15 heavy (non-hydrogen) atoms. The number of hydrogen-bond donors (Lipinski definition) is 0. The van der Waals surface area contributed by atoms with Crippen LogP contribution in [0.3, 0.4) is 0 Å². The first-order chi connectivity index (χ1) is 7.08. The molecule has 4 heteroatoms. The monoisotopic (exact) mass is 272 g/mol. The van der Waals surface area contributed by atoms with Crippen molar-refractivity contribution in [3.63, 3.8) is 0 Å². The number of carbonyl (C=O) groups excluding carboxylic acids is 1. The van der Waals surface area contributed by atoms with Crippen molar-refractivity contribution in [3.05, 3.63) is 22.2 Å². The summed E-state index contributed by atoms with van der Waals surface area (Å²) in [5.41, 5.74) is 0.970. The van der Waals surface area contributed by atoms with Crippen molar-refractivity contribution in [3.8, 4) is 11.5 Å². The van der Waals surface area contributed by atoms with Crippen LogP contribution in [-0.2, 0) is 11.2 Å². The minimum atomic E-state index is -0.325. The largest absolute Gasteiger partial charge is 0.495 e. The third kappa shape index (κ3) is 2.96. The highest BCUT2D eigenvalue weighted by Gasteiger charge is 2.10. The zero-order valence-corrected chi connectivity index (χ0v) is 10.6. The molecule has 82 valence electrons. The Kier molecular flexibility index (Phi) is 4.15. The second kappa shape index (κ2) is 5.16. The van der Waals surface area contributed by atoms with Gasteiger partial charge in [0.1, 0.15) is 11.5 Å². The maximum atomic E-state index is 10.9. The summed E-state index contributed by atoms with van der Waals surface area (Å²) in [6, 6.07) is 3.61. The van der Waals surface area contributed by atoms with E-state index in [0.29, 0.717) is 11.5 Å². The summed E-state index contributed by atoms with van der Waals surface area (Å²) in [6.45, 7) is 3.38. The van der Waals surface area contributed by atoms with E-state index in [1.54, 1.807) is 13.2 Å². The highest BCUT2D eigenvalue weighted by molar-refractivity contribution is 9.10. The molecule has 0 saturated heterocycles. The zero-order valence-electron chi connectivity index (χ0n) is 8.96. The molecule has 0 aliphatic carbocycles. The zero-order chi connectivity index (χ0) is 11.4. The van der Waals surface area contributed by atoms with Crippen molar-refractivity contribution in [2.24, 2.45) is 0 Å². The third-order valence-electron chi connectivity index (χ3n) is 1.97. The van der Waals surface area contributed by atoms with Crippen molar-refractivity contribution < 1.29 is 14.3 Å². The Balaban J connectivity index is 3.16. The van der Waals surface area contributed by atoms with Gasteiger partial charge in [0, 0.05) is 13.0 Å². The molecule has 1 rings (SSSR count). The van der Waals surface area contributed by atoms with Gasteiger partial charge in [-0.25, -0.2) is 0 Å². The Morgan fingerprint density at radius 1 is 1.40 bits per heavy atom. The van der Waals surface area contributed by atoms with Gasteiger partial charge in [-0.1, -0.05) is 6.92 Å². The van der Waals surface area contributed by atoms with Crippen LogP contribution in [0, 0.1) is 0 Å². The molecule has 1 aromatic rings. The fraction of sp³-hybridized carbons (Fsp3) is 0.364. The highest BCUT2D eigenvalue weighted by Crippen LogP contribution is 2.33. The van der Waals surface area contributed by atoms with Gasteiger partial charge in [0.25, 0.3) is 0 Å². The quantitative estimate of drug-likeness (QED) is 0.627. The van der Waals surface area contributed by atoms with E-state index in [2.05, 4.69) is 15.9 Å². The molecule has 0 saturated carbocycles. The molecule has 1 aromatic carbocycles. The number of aryl methyl sites for hydroxylation is 1. The second-order valence-corrected chi connectivity index (χ2v) is 3.90. The van der Waals surface area contributed by atoms with Gasteiger partial charge in [-0.3, -0.25) is 4.79 Å². The fourth-order valence-electron chi connectivity index (χ4n) is 1.26. The van der Waals surface area contributed by atoms with Crippen LogP contribution in [0.5, 0.6) is 11.5 Å². The van der Waals surface area contributed by atoms with Crippen molar-refractivity contribution in [2.75, 3.05) is 7.11 Å². The summed E-state index contributed by atoms with van der Waals surface area (Å²) in [4.78, 5) is 10.9. The van der Waals surface area contributed by atoms with E-state index in [1.165, 1.54) is 6.92 Å². The van der Waals surface area contributed by atoms with Gasteiger partial charge in [-0.15, -0.1) is 0 Å². The molecular formula is C11H13BrO3. The van der Waals surface area contributed by atoms with E-state index >= 15 is 0 Å². The van der Waals surface area contributed by atoms with Crippen LogP contribution >= 0.6 is 15.9 Å². The molecule has 0 amide bonds. The van der Waals surface area contributed by atoms with Crippen LogP contribution in [-0.4, -0.2) is 13.1 Å². The summed E-state index contributed by atoms with van der Waals surface area (Å²) in [5, 5.41) is 0. The molecule has 3 nitrogen and oxygen atoms in total. The van der Waals surface area contributed by atoms with Gasteiger partial charge < -0.3 is 9.47 Å². The minimum absolute atomic E-state index is 0.325. The smallest absolute Gasteiger partial charge is 0.308 e. The van der Waals surface area contributed by atoms with Crippen LogP contribution in [0.2, 0.25) is 0 Å². The first kappa shape index (κ1) is 12.0. The maximum absolute atomic E-state index is 10.9. The number of ether oxygens (including phenoxy) is 2. The summed E-state index contributed by atoms with van der Waals surface area (Å²) in [7, 11) is 1.57. The lowest BCUT2D eigenvalue weighted by atomic mass is 10.1. The molecule has 0 radical (unpaired) electrons. The average molecular weight is 273 g/mol. The number of rotatable bonds is 3. The van der Waals surface area contributed by atoms with Gasteiger partial charge in [0.05, 0.1) is 11.6 Å². The Labute approximate surface area is 97.5 Å². The molecule has 0 fully saturated rings. The highest BCUT2D eigenvalue weighted by atomic mass is 79.9. The van der Waals surface area contributed by atoms with E-state index < -0.39 is 0 Å². The molecule has 0 unspecified atom stereocenters. The van der Waals surface area contributed by atoms with E-state index in [1.807, 2.05) is 13.0 Å². The van der Waals surface area contributed by atoms with Crippen LogP contribution in [0.15, 0.2) is 16.6 Å². The number of carbonyl (C=O) groups is 1. The molecule has 0 N–H and O–H groups in total. The molecule has 0 aromatic heterocycles. The molecule has 0 atom stereocenters. The molecule has 0 bridgehead atoms. The van der Waals surface area contributed by atoms with Gasteiger partial charge in [0.15, 0.2) is 0 Å². The topological polar surface area (TPSA) is 35.5 Å². The lowest BCUT2D eigenvalue weighted by Crippen LogP contribution is -2.04. The Hall–Kier alpha value is -1.03. The minimum Gasteiger partial charge on any atom is -0.495 e. The molecule has 0 aliphatic heterocycles. The summed E-state index contributed by atoms with van der Waals surface area (Å²) in [6.07, 6.45) is 0.797. The van der Waals surface area contributed by atoms with Gasteiger partial charge in [-0.05, 0) is 34.0 Å². The summed E-state index contributed by atoms with van der Waals surface area (Å²) < 4.78 is 11.1. The average Bonchev–Trinajstić information content (AvgIpc) is 2.19. The SMILES string of the molecule is CCc1cc(Br)c(OC)cc1OC(C)=O. The van der Waals surface area contributed by atoms with E-state index in [0.717, 1.165) is 16.5 Å². The Morgan fingerprint density at radius 2 is 2.07 bits per heavy atom. The van der Waals surface area contributed by atoms with E-state index in [9.17, 15) is 4.79 Å². The van der Waals surface area contributed by atoms with Crippen LogP contribution in [0.25, 0.3) is 0 Å². The van der Waals surface area contributed by atoms with Gasteiger partial charge in [-0.2, -0.15) is 0 Å². The summed E-state index contributed by atoms with van der Waals surface area (Å²) in [5.74, 6) is 0.891. The number of halogens is 1. The van der Waals surface area contributed by atoms with Crippen molar-refractivity contribution in [1.29, 1.82) is 0 Å². The van der Waals surface area contributed by atoms with E-state index in [4.69, 9.17) is 9.47 Å². The summed E-state index contributed by atoms with van der Waals surface area (Å²) >= 11 is 3.38. The van der Waals surface area contributed by atoms with Crippen molar-refractivity contribution in [2.45, 2.75) is 20.3 Å². The first-order valence-corrected chi connectivity index (χ1v) is 5.42. The predicted octanol–water partition coefficient (Wildman–Crippen LogP) is 2.95. The number of hydrogen-bond acceptors (Lipinski definition) is 3. The normalized spacial score (nSPS) is 9.87. The second-order valence-electron chi connectivity index (χ2n) is 3.04. The van der Waals surface area contributed by atoms with Crippen LogP contribution in [0.1, 0.15) is 19.4 Å². The van der Waals surface area contributed by atoms with Crippen molar-refractivity contribution >= 4 is 21.9 Å². The predicted molar refractivity (Wildman–Crippen MR) is 61.4 cm³/mol. The molecule has 0 aliphatic rings.